The minimum atomic E-state index is -0.0897. The van der Waals surface area contributed by atoms with E-state index in [2.05, 4.69) is 29.5 Å². The third-order valence-electron chi connectivity index (χ3n) is 3.96. The molecule has 110 valence electrons. The van der Waals surface area contributed by atoms with Crippen LogP contribution in [0.5, 0.6) is 0 Å². The van der Waals surface area contributed by atoms with Crippen molar-refractivity contribution in [1.82, 2.24) is 10.2 Å². The Hall–Kier alpha value is -1.75. The number of nitrogens with one attached hydrogen (secondary N) is 2. The number of rotatable bonds is 3. The van der Waals surface area contributed by atoms with Crippen LogP contribution in [0.4, 0.5) is 11.4 Å². The van der Waals surface area contributed by atoms with E-state index in [9.17, 15) is 4.79 Å². The SMILES string of the molecule is CNC(=O)c1ccc(N)cc1NC1CCN(C)CC1C. The van der Waals surface area contributed by atoms with Crippen LogP contribution in [0.15, 0.2) is 18.2 Å². The van der Waals surface area contributed by atoms with Crippen LogP contribution in [-0.4, -0.2) is 44.0 Å². The van der Waals surface area contributed by atoms with Crippen molar-refractivity contribution in [3.8, 4) is 0 Å². The number of nitrogen functional groups attached to an aromatic ring is 1. The first kappa shape index (κ1) is 14.7. The molecular formula is C15H24N4O. The van der Waals surface area contributed by atoms with Crippen LogP contribution >= 0.6 is 0 Å². The molecule has 1 heterocycles. The highest BCUT2D eigenvalue weighted by molar-refractivity contribution is 6.00. The van der Waals surface area contributed by atoms with Crippen molar-refractivity contribution < 1.29 is 4.79 Å². The van der Waals surface area contributed by atoms with Gasteiger partial charge in [0.2, 0.25) is 0 Å². The molecule has 1 aromatic carbocycles. The van der Waals surface area contributed by atoms with Crippen molar-refractivity contribution >= 4 is 17.3 Å². The second-order valence-electron chi connectivity index (χ2n) is 5.66. The zero-order valence-corrected chi connectivity index (χ0v) is 12.4. The van der Waals surface area contributed by atoms with Crippen LogP contribution in [0, 0.1) is 5.92 Å². The molecule has 0 aliphatic carbocycles. The molecule has 5 heteroatoms. The Morgan fingerprint density at radius 2 is 2.20 bits per heavy atom. The third kappa shape index (κ3) is 3.22. The fraction of sp³-hybridized carbons (Fsp3) is 0.533. The first-order valence-corrected chi connectivity index (χ1v) is 7.08. The fourth-order valence-electron chi connectivity index (χ4n) is 2.78. The van der Waals surface area contributed by atoms with Gasteiger partial charge in [-0.3, -0.25) is 4.79 Å². The number of hydrogen-bond donors (Lipinski definition) is 3. The van der Waals surface area contributed by atoms with Crippen molar-refractivity contribution in [2.75, 3.05) is 38.2 Å². The molecule has 1 aliphatic rings. The van der Waals surface area contributed by atoms with Crippen LogP contribution < -0.4 is 16.4 Å². The van der Waals surface area contributed by atoms with Crippen molar-refractivity contribution in [1.29, 1.82) is 0 Å². The summed E-state index contributed by atoms with van der Waals surface area (Å²) in [6.45, 7) is 4.37. The van der Waals surface area contributed by atoms with Gasteiger partial charge in [-0.2, -0.15) is 0 Å². The average Bonchev–Trinajstić information content (AvgIpc) is 2.41. The summed E-state index contributed by atoms with van der Waals surface area (Å²) in [6, 6.07) is 5.75. The maximum Gasteiger partial charge on any atom is 0.253 e. The molecule has 5 nitrogen and oxygen atoms in total. The smallest absolute Gasteiger partial charge is 0.253 e. The van der Waals surface area contributed by atoms with E-state index in [1.54, 1.807) is 19.2 Å². The molecule has 1 aliphatic heterocycles. The number of anilines is 2. The van der Waals surface area contributed by atoms with E-state index >= 15 is 0 Å². The molecule has 2 atom stereocenters. The standard InChI is InChI=1S/C15H24N4O/c1-10-9-19(3)7-6-13(10)18-14-8-11(16)4-5-12(14)15(20)17-2/h4-5,8,10,13,18H,6-7,9,16H2,1-3H3,(H,17,20). The second kappa shape index (κ2) is 6.13. The van der Waals surface area contributed by atoms with Gasteiger partial charge in [0, 0.05) is 31.0 Å². The van der Waals surface area contributed by atoms with E-state index < -0.39 is 0 Å². The van der Waals surface area contributed by atoms with Crippen molar-refractivity contribution in [2.24, 2.45) is 5.92 Å². The Morgan fingerprint density at radius 3 is 2.85 bits per heavy atom. The summed E-state index contributed by atoms with van der Waals surface area (Å²) in [5.74, 6) is 0.445. The van der Waals surface area contributed by atoms with Crippen LogP contribution in [0.25, 0.3) is 0 Å². The Morgan fingerprint density at radius 1 is 1.45 bits per heavy atom. The molecule has 1 saturated heterocycles. The summed E-state index contributed by atoms with van der Waals surface area (Å²) >= 11 is 0. The Bertz CT molecular complexity index is 489. The van der Waals surface area contributed by atoms with Crippen LogP contribution in [-0.2, 0) is 0 Å². The monoisotopic (exact) mass is 276 g/mol. The van der Waals surface area contributed by atoms with Crippen LogP contribution in [0.3, 0.4) is 0 Å². The molecule has 1 amide bonds. The molecule has 0 bridgehead atoms. The van der Waals surface area contributed by atoms with E-state index in [0.717, 1.165) is 25.2 Å². The molecule has 1 aromatic rings. The number of carbonyl (C=O) groups is 1. The van der Waals surface area contributed by atoms with Crippen LogP contribution in [0.1, 0.15) is 23.7 Å². The van der Waals surface area contributed by atoms with Gasteiger partial charge in [0.1, 0.15) is 0 Å². The molecule has 0 radical (unpaired) electrons. The summed E-state index contributed by atoms with van der Waals surface area (Å²) in [4.78, 5) is 14.3. The molecule has 0 spiro atoms. The predicted molar refractivity (Wildman–Crippen MR) is 82.9 cm³/mol. The summed E-state index contributed by atoms with van der Waals surface area (Å²) < 4.78 is 0. The normalized spacial score (nSPS) is 23.4. The number of nitrogens with zero attached hydrogens (tertiary/aromatic N) is 1. The van der Waals surface area contributed by atoms with Gasteiger partial charge in [0.25, 0.3) is 5.91 Å². The van der Waals surface area contributed by atoms with Gasteiger partial charge in [-0.15, -0.1) is 0 Å². The summed E-state index contributed by atoms with van der Waals surface area (Å²) in [6.07, 6.45) is 1.07. The lowest BCUT2D eigenvalue weighted by Crippen LogP contribution is -2.43. The van der Waals surface area contributed by atoms with Crippen molar-refractivity contribution in [3.63, 3.8) is 0 Å². The number of nitrogens with two attached hydrogens (primary N) is 1. The highest BCUT2D eigenvalue weighted by atomic mass is 16.1. The quantitative estimate of drug-likeness (QED) is 0.730. The van der Waals surface area contributed by atoms with Gasteiger partial charge in [-0.05, 0) is 44.1 Å². The minimum Gasteiger partial charge on any atom is -0.399 e. The van der Waals surface area contributed by atoms with Crippen molar-refractivity contribution in [3.05, 3.63) is 23.8 Å². The lowest BCUT2D eigenvalue weighted by Gasteiger charge is -2.36. The number of amides is 1. The molecule has 20 heavy (non-hydrogen) atoms. The fourth-order valence-corrected chi connectivity index (χ4v) is 2.78. The van der Waals surface area contributed by atoms with Gasteiger partial charge < -0.3 is 21.3 Å². The average molecular weight is 276 g/mol. The Balaban J connectivity index is 2.19. The number of piperidine rings is 1. The van der Waals surface area contributed by atoms with E-state index in [4.69, 9.17) is 5.73 Å². The molecule has 2 unspecified atom stereocenters. The number of hydrogen-bond acceptors (Lipinski definition) is 4. The van der Waals surface area contributed by atoms with Gasteiger partial charge in [-0.25, -0.2) is 0 Å². The van der Waals surface area contributed by atoms with Gasteiger partial charge >= 0.3 is 0 Å². The molecule has 0 saturated carbocycles. The lowest BCUT2D eigenvalue weighted by atomic mass is 9.93. The van der Waals surface area contributed by atoms with Gasteiger partial charge in [0.05, 0.1) is 5.56 Å². The van der Waals surface area contributed by atoms with Gasteiger partial charge in [0.15, 0.2) is 0 Å². The second-order valence-corrected chi connectivity index (χ2v) is 5.66. The maximum atomic E-state index is 11.9. The predicted octanol–water partition coefficient (Wildman–Crippen LogP) is 1.38. The molecule has 2 rings (SSSR count). The number of carbonyl (C=O) groups excluding carboxylic acids is 1. The topological polar surface area (TPSA) is 70.4 Å². The number of likely N-dealkylation sites (tertiary alicyclic amines) is 1. The summed E-state index contributed by atoms with van der Waals surface area (Å²) in [7, 11) is 3.78. The lowest BCUT2D eigenvalue weighted by molar-refractivity contribution is 0.0963. The zero-order valence-electron chi connectivity index (χ0n) is 12.4. The van der Waals surface area contributed by atoms with E-state index in [1.807, 2.05) is 6.07 Å². The van der Waals surface area contributed by atoms with E-state index in [-0.39, 0.29) is 5.91 Å². The molecule has 0 aromatic heterocycles. The zero-order chi connectivity index (χ0) is 14.7. The summed E-state index contributed by atoms with van der Waals surface area (Å²) in [5.41, 5.74) is 7.99. The van der Waals surface area contributed by atoms with E-state index in [0.29, 0.717) is 23.2 Å². The summed E-state index contributed by atoms with van der Waals surface area (Å²) in [5, 5.41) is 6.18. The molecule has 4 N–H and O–H groups in total. The van der Waals surface area contributed by atoms with Gasteiger partial charge in [-0.1, -0.05) is 6.92 Å². The first-order valence-electron chi connectivity index (χ1n) is 7.08. The Kier molecular flexibility index (Phi) is 4.49. The first-order chi connectivity index (χ1) is 9.51. The largest absolute Gasteiger partial charge is 0.399 e. The van der Waals surface area contributed by atoms with E-state index in [1.165, 1.54) is 0 Å². The molecule has 1 fully saturated rings. The third-order valence-corrected chi connectivity index (χ3v) is 3.96. The highest BCUT2D eigenvalue weighted by Gasteiger charge is 2.25. The minimum absolute atomic E-state index is 0.0897. The number of benzene rings is 1. The van der Waals surface area contributed by atoms with Crippen LogP contribution in [0.2, 0.25) is 0 Å². The van der Waals surface area contributed by atoms with Crippen molar-refractivity contribution in [2.45, 2.75) is 19.4 Å². The maximum absolute atomic E-state index is 11.9. The molecular weight excluding hydrogens is 252 g/mol. The highest BCUT2D eigenvalue weighted by Crippen LogP contribution is 2.25. The Labute approximate surface area is 120 Å².